The first-order valence-corrected chi connectivity index (χ1v) is 16.0. The van der Waals surface area contributed by atoms with Crippen molar-refractivity contribution in [1.29, 1.82) is 5.26 Å². The van der Waals surface area contributed by atoms with Gasteiger partial charge in [-0.2, -0.15) is 5.26 Å². The van der Waals surface area contributed by atoms with Crippen LogP contribution in [-0.4, -0.2) is 51.7 Å². The summed E-state index contributed by atoms with van der Waals surface area (Å²) in [6.45, 7) is 12.2. The summed E-state index contributed by atoms with van der Waals surface area (Å²) < 4.78 is 17.2. The molecule has 2 aliphatic heterocycles. The van der Waals surface area contributed by atoms with Crippen LogP contribution < -0.4 is 16.2 Å². The SMILES string of the molecule is C=CC(=O)N1CCN(c2c(C#N)c(=O)n(C3C(C(C)C)=NC=CC3C)c3nc(-c4c(N)c(Cl)c(Cl)c(Cl)c4F)c(Cl)cc23)C[C@H]1C. The number of allylic oxidation sites excluding steroid dienone is 1. The lowest BCUT2D eigenvalue weighted by atomic mass is 9.88. The molecule has 240 valence electrons. The van der Waals surface area contributed by atoms with Gasteiger partial charge >= 0.3 is 0 Å². The molecule has 0 aliphatic carbocycles. The van der Waals surface area contributed by atoms with E-state index in [1.807, 2.05) is 38.7 Å². The number of hydrogen-bond donors (Lipinski definition) is 1. The summed E-state index contributed by atoms with van der Waals surface area (Å²) in [5, 5.41) is 9.91. The molecular weight excluding hydrogens is 675 g/mol. The molecule has 3 aromatic rings. The minimum Gasteiger partial charge on any atom is -0.397 e. The van der Waals surface area contributed by atoms with Crippen molar-refractivity contribution in [1.82, 2.24) is 14.5 Å². The molecule has 4 heterocycles. The third kappa shape index (κ3) is 5.43. The summed E-state index contributed by atoms with van der Waals surface area (Å²) in [5.41, 5.74) is 6.00. The van der Waals surface area contributed by atoms with Crippen LogP contribution in [0.2, 0.25) is 20.1 Å². The molecule has 2 aromatic heterocycles. The highest BCUT2D eigenvalue weighted by molar-refractivity contribution is 6.49. The maximum atomic E-state index is 15.8. The number of aromatic nitrogens is 2. The number of anilines is 2. The third-order valence-electron chi connectivity index (χ3n) is 8.45. The van der Waals surface area contributed by atoms with Gasteiger partial charge < -0.3 is 15.5 Å². The number of fused-ring (bicyclic) bond motifs is 1. The Morgan fingerprint density at radius 1 is 1.20 bits per heavy atom. The van der Waals surface area contributed by atoms with Crippen LogP contribution in [0.5, 0.6) is 0 Å². The molecule has 5 rings (SSSR count). The van der Waals surface area contributed by atoms with Gasteiger partial charge in [0.15, 0.2) is 5.82 Å². The average Bonchev–Trinajstić information content (AvgIpc) is 3.02. The Morgan fingerprint density at radius 3 is 2.50 bits per heavy atom. The number of nitrogen functional groups attached to an aromatic ring is 1. The van der Waals surface area contributed by atoms with E-state index in [1.165, 1.54) is 16.7 Å². The molecule has 0 bridgehead atoms. The fraction of sp³-hybridized carbons (Fsp3) is 0.344. The number of nitrogens with zero attached hydrogens (tertiary/aromatic N) is 6. The van der Waals surface area contributed by atoms with Crippen molar-refractivity contribution in [2.24, 2.45) is 16.8 Å². The highest BCUT2D eigenvalue weighted by Gasteiger charge is 2.36. The standard InChI is InChI=1S/C32H30Cl4FN7O2/c1-6-20(45)43-10-9-42(13-16(43)5)30-17-11-19(33)28(21-25(37)23(35)22(34)24(36)26(21)39)41-31(17)44(32(46)18(30)12-38)29-15(4)7-8-40-27(29)14(2)3/h6-8,11,14-16,29H,1,9-10,13,39H2,2-5H3/t15?,16-,29?/m1/s1. The number of carbonyl (C=O) groups is 1. The smallest absolute Gasteiger partial charge is 0.272 e. The third-order valence-corrected chi connectivity index (χ3v) is 10.1. The molecule has 2 aliphatic rings. The van der Waals surface area contributed by atoms with Crippen molar-refractivity contribution in [3.8, 4) is 17.3 Å². The van der Waals surface area contributed by atoms with Gasteiger partial charge in [-0.25, -0.2) is 9.37 Å². The predicted molar refractivity (Wildman–Crippen MR) is 184 cm³/mol. The first-order valence-electron chi connectivity index (χ1n) is 14.5. The number of rotatable bonds is 5. The summed E-state index contributed by atoms with van der Waals surface area (Å²) in [5.74, 6) is -1.51. The van der Waals surface area contributed by atoms with E-state index in [1.54, 1.807) is 11.1 Å². The van der Waals surface area contributed by atoms with Crippen LogP contribution in [0.25, 0.3) is 22.3 Å². The maximum Gasteiger partial charge on any atom is 0.272 e. The Hall–Kier alpha value is -3.62. The number of halogens is 5. The van der Waals surface area contributed by atoms with E-state index in [4.69, 9.17) is 57.1 Å². The lowest BCUT2D eigenvalue weighted by Gasteiger charge is -2.41. The largest absolute Gasteiger partial charge is 0.397 e. The van der Waals surface area contributed by atoms with Crippen molar-refractivity contribution in [2.75, 3.05) is 30.3 Å². The van der Waals surface area contributed by atoms with Gasteiger partial charge in [-0.3, -0.25) is 19.1 Å². The second-order valence-corrected chi connectivity index (χ2v) is 13.2. The lowest BCUT2D eigenvalue weighted by molar-refractivity contribution is -0.128. The van der Waals surface area contributed by atoms with E-state index in [-0.39, 0.29) is 67.0 Å². The molecule has 2 unspecified atom stereocenters. The normalized spacial score (nSPS) is 19.8. The number of aliphatic imine (C=N–C) groups is 1. The van der Waals surface area contributed by atoms with Gasteiger partial charge in [0.2, 0.25) is 5.91 Å². The fourth-order valence-electron chi connectivity index (χ4n) is 6.21. The van der Waals surface area contributed by atoms with Crippen LogP contribution in [0.4, 0.5) is 15.8 Å². The van der Waals surface area contributed by atoms with Crippen LogP contribution >= 0.6 is 46.4 Å². The fourth-order valence-corrected chi connectivity index (χ4v) is 7.07. The molecule has 14 heteroatoms. The van der Waals surface area contributed by atoms with Crippen LogP contribution in [-0.2, 0) is 4.79 Å². The average molecular weight is 705 g/mol. The molecule has 1 amide bonds. The van der Waals surface area contributed by atoms with Crippen molar-refractivity contribution in [2.45, 2.75) is 39.8 Å². The number of pyridine rings is 2. The Balaban J connectivity index is 1.89. The maximum absolute atomic E-state index is 15.8. The van der Waals surface area contributed by atoms with Crippen molar-refractivity contribution in [3.63, 3.8) is 0 Å². The molecule has 46 heavy (non-hydrogen) atoms. The molecule has 9 nitrogen and oxygen atoms in total. The van der Waals surface area contributed by atoms with Crippen LogP contribution in [0.3, 0.4) is 0 Å². The van der Waals surface area contributed by atoms with Gasteiger partial charge in [-0.05, 0) is 25.0 Å². The van der Waals surface area contributed by atoms with Crippen LogP contribution in [0, 0.1) is 29.0 Å². The molecule has 3 atom stereocenters. The topological polar surface area (TPSA) is 121 Å². The summed E-state index contributed by atoms with van der Waals surface area (Å²) in [7, 11) is 0. The van der Waals surface area contributed by atoms with E-state index in [2.05, 4.69) is 17.6 Å². The van der Waals surface area contributed by atoms with Crippen LogP contribution in [0.15, 0.2) is 40.8 Å². The quantitative estimate of drug-likeness (QED) is 0.129. The first-order chi connectivity index (χ1) is 21.7. The number of piperazine rings is 1. The van der Waals surface area contributed by atoms with Gasteiger partial charge in [0, 0.05) is 48.9 Å². The first kappa shape index (κ1) is 33.7. The minimum absolute atomic E-state index is 0.0363. The Kier molecular flexibility index (Phi) is 9.45. The van der Waals surface area contributed by atoms with Gasteiger partial charge in [-0.1, -0.05) is 79.8 Å². The molecule has 1 saturated heterocycles. The summed E-state index contributed by atoms with van der Waals surface area (Å²) in [6, 6.07) is 2.74. The molecule has 0 saturated carbocycles. The second-order valence-electron chi connectivity index (χ2n) is 11.6. The van der Waals surface area contributed by atoms with E-state index < -0.39 is 22.4 Å². The Morgan fingerprint density at radius 2 is 1.89 bits per heavy atom. The molecule has 2 N–H and O–H groups in total. The van der Waals surface area contributed by atoms with Crippen molar-refractivity contribution in [3.05, 3.63) is 72.8 Å². The van der Waals surface area contributed by atoms with Gasteiger partial charge in [0.1, 0.15) is 17.3 Å². The Bertz CT molecular complexity index is 1940. The van der Waals surface area contributed by atoms with Crippen molar-refractivity contribution < 1.29 is 9.18 Å². The molecule has 0 spiro atoms. The number of nitrogens with two attached hydrogens (primary N) is 1. The van der Waals surface area contributed by atoms with E-state index in [0.717, 1.165) is 0 Å². The monoisotopic (exact) mass is 703 g/mol. The molecule has 1 fully saturated rings. The number of nitriles is 1. The number of carbonyl (C=O) groups excluding carboxylic acids is 1. The van der Waals surface area contributed by atoms with Gasteiger partial charge in [0.05, 0.1) is 48.8 Å². The van der Waals surface area contributed by atoms with E-state index >= 15 is 4.39 Å². The van der Waals surface area contributed by atoms with Gasteiger partial charge in [-0.15, -0.1) is 0 Å². The van der Waals surface area contributed by atoms with E-state index in [9.17, 15) is 14.9 Å². The Labute approximate surface area is 285 Å². The van der Waals surface area contributed by atoms with Crippen LogP contribution in [0.1, 0.15) is 39.3 Å². The number of amides is 1. The minimum atomic E-state index is -0.986. The number of benzene rings is 1. The summed E-state index contributed by atoms with van der Waals surface area (Å²) in [4.78, 5) is 39.9. The highest BCUT2D eigenvalue weighted by atomic mass is 35.5. The number of hydrogen-bond acceptors (Lipinski definition) is 7. The predicted octanol–water partition coefficient (Wildman–Crippen LogP) is 7.29. The van der Waals surface area contributed by atoms with Crippen molar-refractivity contribution >= 4 is 80.4 Å². The lowest BCUT2D eigenvalue weighted by Crippen LogP contribution is -2.54. The highest BCUT2D eigenvalue weighted by Crippen LogP contribution is 2.46. The second kappa shape index (κ2) is 12.9. The summed E-state index contributed by atoms with van der Waals surface area (Å²) in [6.07, 6.45) is 4.81. The van der Waals surface area contributed by atoms with Gasteiger partial charge in [0.25, 0.3) is 5.56 Å². The molecular formula is C32H30Cl4FN7O2. The molecule has 0 radical (unpaired) electrons. The zero-order chi connectivity index (χ0) is 33.8. The van der Waals surface area contributed by atoms with E-state index in [0.29, 0.717) is 36.4 Å². The zero-order valence-corrected chi connectivity index (χ0v) is 28.4. The summed E-state index contributed by atoms with van der Waals surface area (Å²) >= 11 is 25.5. The molecule has 1 aromatic carbocycles. The zero-order valence-electron chi connectivity index (χ0n) is 25.4.